The number of ether oxygens (including phenoxy) is 2. The SMILES string of the molecule is CC(=O)OCN1C(=O)N(C)[C@@H]2[C@@H]1N(C)C(=O)N2COC(C)=O. The van der Waals surface area contributed by atoms with Gasteiger partial charge in [0, 0.05) is 27.9 Å². The molecule has 10 heteroatoms. The summed E-state index contributed by atoms with van der Waals surface area (Å²) < 4.78 is 9.73. The lowest BCUT2D eigenvalue weighted by Crippen LogP contribution is -2.45. The van der Waals surface area contributed by atoms with Gasteiger partial charge in [-0.25, -0.2) is 9.59 Å². The number of likely N-dealkylation sites (N-methyl/N-ethyl adjacent to an activating group) is 2. The van der Waals surface area contributed by atoms with Gasteiger partial charge >= 0.3 is 24.0 Å². The van der Waals surface area contributed by atoms with Crippen molar-refractivity contribution < 1.29 is 28.7 Å². The van der Waals surface area contributed by atoms with Crippen molar-refractivity contribution in [2.75, 3.05) is 27.6 Å². The van der Waals surface area contributed by atoms with Crippen molar-refractivity contribution in [3.63, 3.8) is 0 Å². The van der Waals surface area contributed by atoms with Gasteiger partial charge in [-0.3, -0.25) is 19.4 Å². The van der Waals surface area contributed by atoms with Crippen LogP contribution in [0.25, 0.3) is 0 Å². The number of urea groups is 2. The fraction of sp³-hybridized carbons (Fsp3) is 0.667. The summed E-state index contributed by atoms with van der Waals surface area (Å²) in [7, 11) is 3.06. The maximum absolute atomic E-state index is 12.3. The van der Waals surface area contributed by atoms with Crippen LogP contribution in [-0.2, 0) is 19.1 Å². The quantitative estimate of drug-likeness (QED) is 0.643. The third-order valence-corrected chi connectivity index (χ3v) is 3.61. The minimum Gasteiger partial charge on any atom is -0.444 e. The first-order valence-electron chi connectivity index (χ1n) is 6.59. The Bertz CT molecular complexity index is 478. The molecule has 4 amide bonds. The molecule has 0 saturated carbocycles. The second kappa shape index (κ2) is 5.70. The van der Waals surface area contributed by atoms with Gasteiger partial charge in [-0.05, 0) is 0 Å². The first kappa shape index (κ1) is 15.9. The lowest BCUT2D eigenvalue weighted by atomic mass is 10.3. The highest BCUT2D eigenvalue weighted by atomic mass is 16.6. The normalized spacial score (nSPS) is 24.0. The molecule has 2 aliphatic rings. The Morgan fingerprint density at radius 1 is 0.864 bits per heavy atom. The summed E-state index contributed by atoms with van der Waals surface area (Å²) in [4.78, 5) is 51.6. The van der Waals surface area contributed by atoms with Gasteiger partial charge in [0.25, 0.3) is 0 Å². The van der Waals surface area contributed by atoms with Gasteiger partial charge in [0.05, 0.1) is 0 Å². The van der Waals surface area contributed by atoms with Crippen molar-refractivity contribution in [2.45, 2.75) is 26.2 Å². The topological polar surface area (TPSA) is 99.7 Å². The zero-order chi connectivity index (χ0) is 16.6. The molecule has 0 radical (unpaired) electrons. The zero-order valence-electron chi connectivity index (χ0n) is 12.8. The Labute approximate surface area is 127 Å². The van der Waals surface area contributed by atoms with Crippen LogP contribution in [0.2, 0.25) is 0 Å². The molecular formula is C12H18N4O6. The van der Waals surface area contributed by atoms with E-state index in [1.54, 1.807) is 0 Å². The first-order valence-corrected chi connectivity index (χ1v) is 6.59. The smallest absolute Gasteiger partial charge is 0.326 e. The predicted octanol–water partition coefficient (Wildman–Crippen LogP) is -0.585. The molecule has 0 bridgehead atoms. The van der Waals surface area contributed by atoms with Gasteiger partial charge in [0.15, 0.2) is 25.8 Å². The molecular weight excluding hydrogens is 296 g/mol. The van der Waals surface area contributed by atoms with E-state index in [4.69, 9.17) is 9.47 Å². The summed E-state index contributed by atoms with van der Waals surface area (Å²) in [6.07, 6.45) is -1.25. The van der Waals surface area contributed by atoms with E-state index in [1.165, 1.54) is 47.5 Å². The Hall–Kier alpha value is -2.52. The van der Waals surface area contributed by atoms with Crippen molar-refractivity contribution >= 4 is 24.0 Å². The number of amides is 4. The minimum atomic E-state index is -0.625. The highest BCUT2D eigenvalue weighted by Crippen LogP contribution is 2.32. The number of esters is 2. The molecule has 10 nitrogen and oxygen atoms in total. The second-order valence-corrected chi connectivity index (χ2v) is 5.08. The Kier molecular flexibility index (Phi) is 4.11. The molecule has 2 rings (SSSR count). The van der Waals surface area contributed by atoms with Crippen molar-refractivity contribution in [1.29, 1.82) is 0 Å². The van der Waals surface area contributed by atoms with Gasteiger partial charge in [-0.2, -0.15) is 0 Å². The van der Waals surface area contributed by atoms with Crippen molar-refractivity contribution in [3.8, 4) is 0 Å². The van der Waals surface area contributed by atoms with Crippen LogP contribution in [0.3, 0.4) is 0 Å². The summed E-state index contributed by atoms with van der Waals surface area (Å²) >= 11 is 0. The largest absolute Gasteiger partial charge is 0.444 e. The van der Waals surface area contributed by atoms with Crippen LogP contribution in [0.4, 0.5) is 9.59 Å². The minimum absolute atomic E-state index is 0.251. The van der Waals surface area contributed by atoms with Crippen LogP contribution in [0.5, 0.6) is 0 Å². The number of carbonyl (C=O) groups is 4. The molecule has 2 heterocycles. The van der Waals surface area contributed by atoms with Gasteiger partial charge in [0.1, 0.15) is 0 Å². The lowest BCUT2D eigenvalue weighted by molar-refractivity contribution is -0.147. The second-order valence-electron chi connectivity index (χ2n) is 5.08. The maximum atomic E-state index is 12.3. The third kappa shape index (κ3) is 2.51. The summed E-state index contributed by atoms with van der Waals surface area (Å²) in [6.45, 7) is 1.97. The van der Waals surface area contributed by atoms with E-state index < -0.39 is 24.3 Å². The molecule has 2 atom stereocenters. The molecule has 0 aromatic rings. The van der Waals surface area contributed by atoms with E-state index in [0.717, 1.165) is 0 Å². The van der Waals surface area contributed by atoms with Crippen molar-refractivity contribution in [1.82, 2.24) is 19.6 Å². The molecule has 2 aliphatic heterocycles. The molecule has 22 heavy (non-hydrogen) atoms. The van der Waals surface area contributed by atoms with Crippen molar-refractivity contribution in [3.05, 3.63) is 0 Å². The van der Waals surface area contributed by atoms with Gasteiger partial charge < -0.3 is 19.3 Å². The number of hydrogen-bond acceptors (Lipinski definition) is 6. The van der Waals surface area contributed by atoms with Gasteiger partial charge in [-0.15, -0.1) is 0 Å². The number of hydrogen-bond donors (Lipinski definition) is 0. The number of fused-ring (bicyclic) bond motifs is 1. The highest BCUT2D eigenvalue weighted by molar-refractivity contribution is 5.85. The number of carbonyl (C=O) groups excluding carboxylic acids is 4. The average Bonchev–Trinajstić information content (AvgIpc) is 2.82. The van der Waals surface area contributed by atoms with E-state index in [-0.39, 0.29) is 25.5 Å². The van der Waals surface area contributed by atoms with Gasteiger partial charge in [0.2, 0.25) is 0 Å². The number of nitrogens with zero attached hydrogens (tertiary/aromatic N) is 4. The van der Waals surface area contributed by atoms with Gasteiger partial charge in [-0.1, -0.05) is 0 Å². The first-order chi connectivity index (χ1) is 10.3. The summed E-state index contributed by atoms with van der Waals surface area (Å²) in [6, 6.07) is -0.771. The fourth-order valence-electron chi connectivity index (χ4n) is 2.58. The molecule has 2 fully saturated rings. The molecule has 0 aliphatic carbocycles. The van der Waals surface area contributed by atoms with Crippen LogP contribution >= 0.6 is 0 Å². The van der Waals surface area contributed by atoms with E-state index in [1.807, 2.05) is 0 Å². The molecule has 0 spiro atoms. The van der Waals surface area contributed by atoms with Crippen LogP contribution in [0.15, 0.2) is 0 Å². The van der Waals surface area contributed by atoms with E-state index in [0.29, 0.717) is 0 Å². The number of rotatable bonds is 4. The third-order valence-electron chi connectivity index (χ3n) is 3.61. The molecule has 0 aromatic carbocycles. The van der Waals surface area contributed by atoms with E-state index in [9.17, 15) is 19.2 Å². The molecule has 0 N–H and O–H groups in total. The summed E-state index contributed by atoms with van der Waals surface area (Å²) in [5, 5.41) is 0. The van der Waals surface area contributed by atoms with Crippen LogP contribution < -0.4 is 0 Å². The molecule has 0 unspecified atom stereocenters. The molecule has 2 saturated heterocycles. The zero-order valence-corrected chi connectivity index (χ0v) is 12.8. The van der Waals surface area contributed by atoms with Crippen molar-refractivity contribution in [2.24, 2.45) is 0 Å². The summed E-state index contributed by atoms with van der Waals surface area (Å²) in [5.41, 5.74) is 0. The van der Waals surface area contributed by atoms with E-state index in [2.05, 4.69) is 0 Å². The lowest BCUT2D eigenvalue weighted by Gasteiger charge is -2.25. The Morgan fingerprint density at radius 2 is 1.18 bits per heavy atom. The predicted molar refractivity (Wildman–Crippen MR) is 70.8 cm³/mol. The van der Waals surface area contributed by atoms with Crippen LogP contribution in [0.1, 0.15) is 13.8 Å². The average molecular weight is 314 g/mol. The fourth-order valence-corrected chi connectivity index (χ4v) is 2.58. The molecule has 0 aromatic heterocycles. The van der Waals surface area contributed by atoms with E-state index >= 15 is 0 Å². The van der Waals surface area contributed by atoms with Crippen LogP contribution in [0, 0.1) is 0 Å². The highest BCUT2D eigenvalue weighted by Gasteiger charge is 2.57. The maximum Gasteiger partial charge on any atom is 0.326 e. The Balaban J connectivity index is 2.21. The monoisotopic (exact) mass is 314 g/mol. The summed E-state index contributed by atoms with van der Waals surface area (Å²) in [5.74, 6) is -1.05. The Morgan fingerprint density at radius 3 is 1.45 bits per heavy atom. The molecule has 122 valence electrons. The standard InChI is InChI=1S/C12H18N4O6/c1-7(17)21-5-15-9-10(14(4)11(15)19)16(6-22-8(2)18)12(20)13(9)3/h9-10H,5-6H2,1-4H3/t9-,10+. The van der Waals surface area contributed by atoms with Crippen LogP contribution in [-0.4, -0.2) is 83.5 Å².